The minimum absolute atomic E-state index is 0.166. The van der Waals surface area contributed by atoms with Crippen molar-refractivity contribution in [1.82, 2.24) is 9.88 Å². The van der Waals surface area contributed by atoms with Crippen LogP contribution in [0.1, 0.15) is 22.5 Å². The molecule has 1 heterocycles. The van der Waals surface area contributed by atoms with Gasteiger partial charge in [0.2, 0.25) is 5.91 Å². The Balaban J connectivity index is 2.13. The Bertz CT molecular complexity index is 773. The summed E-state index contributed by atoms with van der Waals surface area (Å²) in [6.07, 6.45) is 4.98. The van der Waals surface area contributed by atoms with Gasteiger partial charge in [-0.15, -0.1) is 0 Å². The average Bonchev–Trinajstić information content (AvgIpc) is 2.80. The third-order valence-corrected chi connectivity index (χ3v) is 4.64. The zero-order valence-corrected chi connectivity index (χ0v) is 15.4. The summed E-state index contributed by atoms with van der Waals surface area (Å²) in [5.41, 5.74) is 5.58. The van der Waals surface area contributed by atoms with Crippen molar-refractivity contribution < 1.29 is 9.00 Å². The van der Waals surface area contributed by atoms with Gasteiger partial charge >= 0.3 is 0 Å². The summed E-state index contributed by atoms with van der Waals surface area (Å²) in [5, 5.41) is 2.74. The Kier molecular flexibility index (Phi) is 6.15. The Morgan fingerprint density at radius 1 is 1.21 bits per heavy atom. The van der Waals surface area contributed by atoms with Crippen LogP contribution in [0.4, 0.5) is 0 Å². The fraction of sp³-hybridized carbons (Fsp3) is 0.316. The van der Waals surface area contributed by atoms with Gasteiger partial charge in [-0.1, -0.05) is 17.7 Å². The van der Waals surface area contributed by atoms with Gasteiger partial charge in [0.15, 0.2) is 0 Å². The second-order valence-corrected chi connectivity index (χ2v) is 7.45. The van der Waals surface area contributed by atoms with E-state index in [9.17, 15) is 9.00 Å². The van der Waals surface area contributed by atoms with E-state index >= 15 is 0 Å². The van der Waals surface area contributed by atoms with Crippen LogP contribution >= 0.6 is 0 Å². The van der Waals surface area contributed by atoms with Gasteiger partial charge in [-0.25, -0.2) is 0 Å². The van der Waals surface area contributed by atoms with Crippen LogP contribution in [0.25, 0.3) is 11.8 Å². The molecular weight excluding hydrogens is 320 g/mol. The number of rotatable bonds is 6. The topological polar surface area (TPSA) is 51.1 Å². The summed E-state index contributed by atoms with van der Waals surface area (Å²) in [7, 11) is -0.890. The molecule has 5 heteroatoms. The molecule has 0 aliphatic heterocycles. The summed E-state index contributed by atoms with van der Waals surface area (Å²) < 4.78 is 13.2. The van der Waals surface area contributed by atoms with Gasteiger partial charge in [0, 0.05) is 52.5 Å². The number of carbonyl (C=O) groups excluding carboxylic acids is 1. The normalized spacial score (nSPS) is 12.5. The molecule has 1 atom stereocenters. The van der Waals surface area contributed by atoms with Gasteiger partial charge in [-0.05, 0) is 50.6 Å². The van der Waals surface area contributed by atoms with Gasteiger partial charge in [0.25, 0.3) is 0 Å². The number of amides is 1. The number of benzene rings is 1. The zero-order valence-electron chi connectivity index (χ0n) is 14.6. The smallest absolute Gasteiger partial charge is 0.244 e. The molecule has 0 fully saturated rings. The molecule has 0 spiro atoms. The van der Waals surface area contributed by atoms with Crippen molar-refractivity contribution in [2.24, 2.45) is 0 Å². The van der Waals surface area contributed by atoms with E-state index in [1.807, 2.05) is 13.0 Å². The van der Waals surface area contributed by atoms with Gasteiger partial charge in [-0.2, -0.15) is 0 Å². The second-order valence-electron chi connectivity index (χ2n) is 5.90. The predicted octanol–water partition coefficient (Wildman–Crippen LogP) is 2.91. The highest BCUT2D eigenvalue weighted by Gasteiger charge is 2.09. The van der Waals surface area contributed by atoms with E-state index in [1.54, 1.807) is 6.26 Å². The van der Waals surface area contributed by atoms with Gasteiger partial charge < -0.3 is 9.88 Å². The van der Waals surface area contributed by atoms with E-state index < -0.39 is 10.8 Å². The molecule has 128 valence electrons. The van der Waals surface area contributed by atoms with Crippen LogP contribution < -0.4 is 5.32 Å². The summed E-state index contributed by atoms with van der Waals surface area (Å²) >= 11 is 0. The van der Waals surface area contributed by atoms with Crippen molar-refractivity contribution in [2.75, 3.05) is 18.6 Å². The molecule has 1 amide bonds. The molecule has 0 saturated carbocycles. The zero-order chi connectivity index (χ0) is 17.7. The SMILES string of the molecule is Cc1ccc(-n2c(C)cc(/C=C/C(=O)NCCS(C)=O)c2C)cc1. The molecule has 1 unspecified atom stereocenters. The minimum atomic E-state index is -0.890. The fourth-order valence-electron chi connectivity index (χ4n) is 2.59. The molecule has 0 radical (unpaired) electrons. The predicted molar refractivity (Wildman–Crippen MR) is 101 cm³/mol. The highest BCUT2D eigenvalue weighted by Crippen LogP contribution is 2.22. The maximum atomic E-state index is 11.8. The standard InChI is InChI=1S/C19H24N2O2S/c1-14-5-8-18(9-6-14)21-15(2)13-17(16(21)3)7-10-19(22)20-11-12-24(4)23/h5-10,13H,11-12H2,1-4H3,(H,20,22)/b10-7+. The Morgan fingerprint density at radius 3 is 2.50 bits per heavy atom. The van der Waals surface area contributed by atoms with Crippen molar-refractivity contribution in [2.45, 2.75) is 20.8 Å². The van der Waals surface area contributed by atoms with Crippen molar-refractivity contribution in [1.29, 1.82) is 0 Å². The number of hydrogen-bond donors (Lipinski definition) is 1. The van der Waals surface area contributed by atoms with Crippen LogP contribution in [-0.2, 0) is 15.6 Å². The molecule has 4 nitrogen and oxygen atoms in total. The fourth-order valence-corrected chi connectivity index (χ4v) is 2.98. The lowest BCUT2D eigenvalue weighted by molar-refractivity contribution is -0.116. The number of nitrogens with zero attached hydrogens (tertiary/aromatic N) is 1. The molecular formula is C19H24N2O2S. The number of aromatic nitrogens is 1. The second kappa shape index (κ2) is 8.11. The highest BCUT2D eigenvalue weighted by atomic mass is 32.2. The van der Waals surface area contributed by atoms with Crippen molar-refractivity contribution in [3.8, 4) is 5.69 Å². The van der Waals surface area contributed by atoms with Crippen LogP contribution in [0.3, 0.4) is 0 Å². The summed E-state index contributed by atoms with van der Waals surface area (Å²) in [4.78, 5) is 11.8. The Hall–Kier alpha value is -2.14. The molecule has 0 aliphatic rings. The lowest BCUT2D eigenvalue weighted by Gasteiger charge is -2.09. The number of carbonyl (C=O) groups is 1. The number of aryl methyl sites for hydroxylation is 2. The van der Waals surface area contributed by atoms with Crippen LogP contribution in [0.15, 0.2) is 36.4 Å². The molecule has 24 heavy (non-hydrogen) atoms. The van der Waals surface area contributed by atoms with Crippen molar-refractivity contribution >= 4 is 22.8 Å². The number of nitrogens with one attached hydrogen (secondary N) is 1. The van der Waals surface area contributed by atoms with E-state index in [0.717, 1.165) is 22.6 Å². The first-order chi connectivity index (χ1) is 11.4. The lowest BCUT2D eigenvalue weighted by Crippen LogP contribution is -2.25. The quantitative estimate of drug-likeness (QED) is 0.819. The first-order valence-corrected chi connectivity index (χ1v) is 9.63. The van der Waals surface area contributed by atoms with E-state index in [0.29, 0.717) is 12.3 Å². The van der Waals surface area contributed by atoms with E-state index in [4.69, 9.17) is 0 Å². The molecule has 2 rings (SSSR count). The first-order valence-electron chi connectivity index (χ1n) is 7.90. The molecule has 1 aromatic carbocycles. The molecule has 2 aromatic rings. The van der Waals surface area contributed by atoms with Gasteiger partial charge in [0.05, 0.1) is 0 Å². The summed E-state index contributed by atoms with van der Waals surface area (Å²) in [6, 6.07) is 10.4. The largest absolute Gasteiger partial charge is 0.352 e. The lowest BCUT2D eigenvalue weighted by atomic mass is 10.2. The Morgan fingerprint density at radius 2 is 1.88 bits per heavy atom. The van der Waals surface area contributed by atoms with Crippen molar-refractivity contribution in [3.05, 3.63) is 58.9 Å². The first kappa shape index (κ1) is 18.2. The molecule has 0 bridgehead atoms. The highest BCUT2D eigenvalue weighted by molar-refractivity contribution is 7.84. The van der Waals surface area contributed by atoms with Crippen molar-refractivity contribution in [3.63, 3.8) is 0 Å². The molecule has 1 aromatic heterocycles. The van der Waals surface area contributed by atoms with Crippen LogP contribution in [0.2, 0.25) is 0 Å². The summed E-state index contributed by atoms with van der Waals surface area (Å²) in [6.45, 7) is 6.60. The molecule has 1 N–H and O–H groups in total. The molecule has 0 saturated heterocycles. The van der Waals surface area contributed by atoms with Gasteiger partial charge in [-0.3, -0.25) is 9.00 Å². The molecule has 0 aliphatic carbocycles. The van der Waals surface area contributed by atoms with Crippen LogP contribution in [0, 0.1) is 20.8 Å². The minimum Gasteiger partial charge on any atom is -0.352 e. The van der Waals surface area contributed by atoms with Crippen LogP contribution in [-0.4, -0.2) is 33.2 Å². The average molecular weight is 344 g/mol. The Labute approximate surface area is 146 Å². The third kappa shape index (κ3) is 4.68. The summed E-state index contributed by atoms with van der Waals surface area (Å²) in [5.74, 6) is 0.308. The van der Waals surface area contributed by atoms with E-state index in [-0.39, 0.29) is 5.91 Å². The third-order valence-electron chi connectivity index (χ3n) is 3.87. The maximum Gasteiger partial charge on any atom is 0.244 e. The van der Waals surface area contributed by atoms with Gasteiger partial charge in [0.1, 0.15) is 0 Å². The van der Waals surface area contributed by atoms with E-state index in [2.05, 4.69) is 54.1 Å². The van der Waals surface area contributed by atoms with E-state index in [1.165, 1.54) is 11.6 Å². The monoisotopic (exact) mass is 344 g/mol. The maximum absolute atomic E-state index is 11.8. The van der Waals surface area contributed by atoms with Crippen LogP contribution in [0.5, 0.6) is 0 Å². The number of hydrogen-bond acceptors (Lipinski definition) is 2.